The van der Waals surface area contributed by atoms with Crippen molar-refractivity contribution >= 4 is 23.3 Å². The second-order valence-electron chi connectivity index (χ2n) is 3.14. The number of carbonyl (C=O) groups is 2. The number of rotatable bonds is 5. The fraction of sp³-hybridized carbons (Fsp3) is 0.222. The Hall–Kier alpha value is -2.31. The number of amides is 2. The van der Waals surface area contributed by atoms with Crippen molar-refractivity contribution in [1.29, 1.82) is 0 Å². The summed E-state index contributed by atoms with van der Waals surface area (Å²) in [7, 11) is 0. The Labute approximate surface area is 92.0 Å². The van der Waals surface area contributed by atoms with Crippen LogP contribution >= 0.6 is 0 Å². The molecule has 0 unspecified atom stereocenters. The zero-order valence-electron chi connectivity index (χ0n) is 8.56. The number of nitrogen functional groups attached to an aromatic ring is 1. The number of aromatic nitrogens is 1. The maximum Gasteiger partial charge on any atom is 0.267 e. The summed E-state index contributed by atoms with van der Waals surface area (Å²) < 4.78 is 0. The van der Waals surface area contributed by atoms with Crippen LogP contribution in [-0.2, 0) is 4.79 Å². The van der Waals surface area contributed by atoms with Crippen molar-refractivity contribution in [2.45, 2.75) is 6.42 Å². The molecular weight excluding hydrogens is 210 g/mol. The van der Waals surface area contributed by atoms with Gasteiger partial charge in [-0.05, 0) is 12.1 Å². The molecule has 7 nitrogen and oxygen atoms in total. The van der Waals surface area contributed by atoms with E-state index >= 15 is 0 Å². The highest BCUT2D eigenvalue weighted by molar-refractivity contribution is 5.91. The van der Waals surface area contributed by atoms with E-state index in [9.17, 15) is 9.59 Å². The summed E-state index contributed by atoms with van der Waals surface area (Å²) in [5.41, 5.74) is 16.1. The molecule has 7 heteroatoms. The third kappa shape index (κ3) is 3.12. The predicted molar refractivity (Wildman–Crippen MR) is 59.5 cm³/mol. The van der Waals surface area contributed by atoms with Gasteiger partial charge in [0.2, 0.25) is 5.91 Å². The number of nitrogens with one attached hydrogen (secondary N) is 1. The monoisotopic (exact) mass is 223 g/mol. The molecule has 0 fully saturated rings. The number of primary amides is 2. The van der Waals surface area contributed by atoms with E-state index in [-0.39, 0.29) is 12.1 Å². The molecule has 0 aliphatic rings. The molecule has 0 aliphatic heterocycles. The van der Waals surface area contributed by atoms with Crippen molar-refractivity contribution in [2.24, 2.45) is 11.5 Å². The van der Waals surface area contributed by atoms with Gasteiger partial charge >= 0.3 is 0 Å². The van der Waals surface area contributed by atoms with Crippen LogP contribution in [0.25, 0.3) is 0 Å². The summed E-state index contributed by atoms with van der Waals surface area (Å²) in [6.45, 7) is 0.300. The Bertz CT molecular complexity index is 418. The Balaban J connectivity index is 2.74. The zero-order chi connectivity index (χ0) is 12.1. The van der Waals surface area contributed by atoms with Crippen LogP contribution in [0.3, 0.4) is 0 Å². The van der Waals surface area contributed by atoms with Crippen LogP contribution < -0.4 is 22.5 Å². The van der Waals surface area contributed by atoms with Crippen LogP contribution in [0.1, 0.15) is 16.9 Å². The summed E-state index contributed by atoms with van der Waals surface area (Å²) in [5, 5.41) is 2.79. The van der Waals surface area contributed by atoms with E-state index in [1.54, 1.807) is 0 Å². The number of nitrogens with zero attached hydrogens (tertiary/aromatic N) is 1. The lowest BCUT2D eigenvalue weighted by atomic mass is 10.3. The third-order valence-electron chi connectivity index (χ3n) is 1.84. The molecule has 0 aromatic carbocycles. The van der Waals surface area contributed by atoms with Gasteiger partial charge in [0.05, 0.1) is 5.69 Å². The summed E-state index contributed by atoms with van der Waals surface area (Å²) in [6.07, 6.45) is 0.155. The summed E-state index contributed by atoms with van der Waals surface area (Å²) >= 11 is 0. The Morgan fingerprint density at radius 3 is 2.56 bits per heavy atom. The first-order valence-corrected chi connectivity index (χ1v) is 4.59. The molecule has 16 heavy (non-hydrogen) atoms. The lowest BCUT2D eigenvalue weighted by molar-refractivity contribution is -0.117. The number of pyridine rings is 1. The number of nitrogens with two attached hydrogens (primary N) is 3. The van der Waals surface area contributed by atoms with Gasteiger partial charge < -0.3 is 22.5 Å². The molecule has 0 bridgehead atoms. The number of carbonyl (C=O) groups excluding carboxylic acids is 2. The van der Waals surface area contributed by atoms with E-state index in [1.165, 1.54) is 12.1 Å². The number of hydrogen-bond donors (Lipinski definition) is 4. The Kier molecular flexibility index (Phi) is 3.65. The molecule has 0 saturated carbocycles. The zero-order valence-corrected chi connectivity index (χ0v) is 8.56. The first kappa shape index (κ1) is 11.8. The van der Waals surface area contributed by atoms with E-state index < -0.39 is 11.8 Å². The minimum atomic E-state index is -0.641. The molecule has 86 valence electrons. The van der Waals surface area contributed by atoms with Crippen molar-refractivity contribution in [3.05, 3.63) is 17.8 Å². The van der Waals surface area contributed by atoms with E-state index in [0.29, 0.717) is 18.1 Å². The highest BCUT2D eigenvalue weighted by Crippen LogP contribution is 2.15. The average molecular weight is 223 g/mol. The van der Waals surface area contributed by atoms with Crippen LogP contribution in [0.2, 0.25) is 0 Å². The van der Waals surface area contributed by atoms with E-state index in [0.717, 1.165) is 0 Å². The van der Waals surface area contributed by atoms with Gasteiger partial charge in [-0.25, -0.2) is 4.98 Å². The van der Waals surface area contributed by atoms with Crippen LogP contribution in [0, 0.1) is 0 Å². The van der Waals surface area contributed by atoms with E-state index in [1.807, 2.05) is 0 Å². The van der Waals surface area contributed by atoms with Crippen molar-refractivity contribution in [3.8, 4) is 0 Å². The molecule has 1 rings (SSSR count). The summed E-state index contributed by atoms with van der Waals surface area (Å²) in [6, 6.07) is 2.94. The molecule has 1 heterocycles. The Morgan fingerprint density at radius 1 is 1.31 bits per heavy atom. The van der Waals surface area contributed by atoms with Gasteiger partial charge in [0.25, 0.3) is 5.91 Å². The maximum absolute atomic E-state index is 10.9. The molecule has 0 spiro atoms. The van der Waals surface area contributed by atoms with Crippen LogP contribution in [0.15, 0.2) is 12.1 Å². The van der Waals surface area contributed by atoms with Gasteiger partial charge in [0.1, 0.15) is 11.5 Å². The molecule has 7 N–H and O–H groups in total. The Morgan fingerprint density at radius 2 is 2.00 bits per heavy atom. The second kappa shape index (κ2) is 4.96. The van der Waals surface area contributed by atoms with E-state index in [2.05, 4.69) is 10.3 Å². The van der Waals surface area contributed by atoms with Crippen molar-refractivity contribution in [3.63, 3.8) is 0 Å². The maximum atomic E-state index is 10.9. The molecule has 0 saturated heterocycles. The number of anilines is 2. The molecular formula is C9H13N5O2. The third-order valence-corrected chi connectivity index (χ3v) is 1.84. The van der Waals surface area contributed by atoms with Crippen molar-refractivity contribution in [2.75, 3.05) is 17.6 Å². The van der Waals surface area contributed by atoms with Crippen LogP contribution in [0.5, 0.6) is 0 Å². The smallest absolute Gasteiger partial charge is 0.267 e. The minimum absolute atomic E-state index is 0.107. The van der Waals surface area contributed by atoms with Gasteiger partial charge in [-0.15, -0.1) is 0 Å². The fourth-order valence-corrected chi connectivity index (χ4v) is 1.05. The second-order valence-corrected chi connectivity index (χ2v) is 3.14. The van der Waals surface area contributed by atoms with E-state index in [4.69, 9.17) is 17.2 Å². The predicted octanol–water partition coefficient (Wildman–Crippen LogP) is -0.950. The minimum Gasteiger partial charge on any atom is -0.396 e. The van der Waals surface area contributed by atoms with Crippen molar-refractivity contribution < 1.29 is 9.59 Å². The van der Waals surface area contributed by atoms with Gasteiger partial charge in [-0.1, -0.05) is 0 Å². The first-order chi connectivity index (χ1) is 7.50. The average Bonchev–Trinajstić information content (AvgIpc) is 2.20. The van der Waals surface area contributed by atoms with Crippen LogP contribution in [0.4, 0.5) is 11.5 Å². The molecule has 1 aromatic heterocycles. The molecule has 0 aliphatic carbocycles. The summed E-state index contributed by atoms with van der Waals surface area (Å²) in [5.74, 6) is -0.757. The van der Waals surface area contributed by atoms with Crippen molar-refractivity contribution in [1.82, 2.24) is 4.98 Å². The highest BCUT2D eigenvalue weighted by atomic mass is 16.1. The quantitative estimate of drug-likeness (QED) is 0.510. The topological polar surface area (TPSA) is 137 Å². The highest BCUT2D eigenvalue weighted by Gasteiger charge is 2.06. The van der Waals surface area contributed by atoms with Gasteiger partial charge in [0.15, 0.2) is 0 Å². The lowest BCUT2D eigenvalue weighted by Crippen LogP contribution is -2.18. The summed E-state index contributed by atoms with van der Waals surface area (Å²) in [4.78, 5) is 25.3. The van der Waals surface area contributed by atoms with Gasteiger partial charge in [0, 0.05) is 13.0 Å². The lowest BCUT2D eigenvalue weighted by Gasteiger charge is -2.07. The largest absolute Gasteiger partial charge is 0.396 e. The molecule has 1 aromatic rings. The SMILES string of the molecule is NC(=O)CCNc1nc(C(N)=O)ccc1N. The standard InChI is InChI=1S/C9H13N5O2/c10-5-1-2-6(8(12)16)14-9(5)13-4-3-7(11)15/h1-2H,3-4,10H2,(H2,11,15)(H2,12,16)(H,13,14). The number of hydrogen-bond acceptors (Lipinski definition) is 5. The fourth-order valence-electron chi connectivity index (χ4n) is 1.05. The van der Waals surface area contributed by atoms with Gasteiger partial charge in [-0.2, -0.15) is 0 Å². The molecule has 2 amide bonds. The molecule has 0 atom stereocenters. The van der Waals surface area contributed by atoms with Gasteiger partial charge in [-0.3, -0.25) is 9.59 Å². The molecule has 0 radical (unpaired) electrons. The van der Waals surface area contributed by atoms with Crippen LogP contribution in [-0.4, -0.2) is 23.3 Å². The normalized spacial score (nSPS) is 9.75. The first-order valence-electron chi connectivity index (χ1n) is 4.59.